The molecule has 2 aromatic carbocycles. The minimum atomic E-state index is -0.298. The highest BCUT2D eigenvalue weighted by molar-refractivity contribution is 5.67. The Morgan fingerprint density at radius 3 is 2.97 bits per heavy atom. The Labute approximate surface area is 185 Å². The molecule has 1 atom stereocenters. The SMILES string of the molecule is N#Cc1cccc(COc2ccc3c(c2)CCn2c-3cc(OCC3CCCO3)nc2=O)c1. The summed E-state index contributed by atoms with van der Waals surface area (Å²) >= 11 is 0. The van der Waals surface area contributed by atoms with Crippen LogP contribution in [0.15, 0.2) is 53.3 Å². The molecule has 162 valence electrons. The summed E-state index contributed by atoms with van der Waals surface area (Å²) in [7, 11) is 0. The molecule has 1 fully saturated rings. The Kier molecular flexibility index (Phi) is 5.61. The van der Waals surface area contributed by atoms with Crippen molar-refractivity contribution < 1.29 is 14.2 Å². The molecule has 3 heterocycles. The number of hydrogen-bond acceptors (Lipinski definition) is 6. The van der Waals surface area contributed by atoms with Gasteiger partial charge in [0.1, 0.15) is 19.0 Å². The number of hydrogen-bond donors (Lipinski definition) is 0. The van der Waals surface area contributed by atoms with E-state index in [9.17, 15) is 4.79 Å². The van der Waals surface area contributed by atoms with Gasteiger partial charge in [-0.1, -0.05) is 12.1 Å². The second-order valence-corrected chi connectivity index (χ2v) is 8.03. The van der Waals surface area contributed by atoms with Gasteiger partial charge in [0.25, 0.3) is 0 Å². The first-order valence-corrected chi connectivity index (χ1v) is 10.8. The van der Waals surface area contributed by atoms with E-state index in [0.717, 1.165) is 54.0 Å². The molecule has 7 nitrogen and oxygen atoms in total. The van der Waals surface area contributed by atoms with Crippen molar-refractivity contribution in [3.05, 3.63) is 75.7 Å². The van der Waals surface area contributed by atoms with Gasteiger partial charge in [0.2, 0.25) is 5.88 Å². The van der Waals surface area contributed by atoms with E-state index in [1.165, 1.54) is 0 Å². The van der Waals surface area contributed by atoms with E-state index >= 15 is 0 Å². The molecule has 1 aromatic heterocycles. The van der Waals surface area contributed by atoms with E-state index in [2.05, 4.69) is 11.1 Å². The van der Waals surface area contributed by atoms with Gasteiger partial charge < -0.3 is 14.2 Å². The van der Waals surface area contributed by atoms with Crippen LogP contribution in [-0.2, 0) is 24.3 Å². The number of ether oxygens (including phenoxy) is 3. The lowest BCUT2D eigenvalue weighted by atomic mass is 9.97. The number of aromatic nitrogens is 2. The smallest absolute Gasteiger partial charge is 0.351 e. The molecule has 32 heavy (non-hydrogen) atoms. The average Bonchev–Trinajstić information content (AvgIpc) is 3.35. The minimum Gasteiger partial charge on any atom is -0.489 e. The molecule has 7 heteroatoms. The van der Waals surface area contributed by atoms with Gasteiger partial charge in [-0.25, -0.2) is 4.79 Å². The third-order valence-electron chi connectivity index (χ3n) is 5.85. The third kappa shape index (κ3) is 4.23. The molecule has 0 spiro atoms. The number of aryl methyl sites for hydroxylation is 1. The van der Waals surface area contributed by atoms with Crippen molar-refractivity contribution in [3.63, 3.8) is 0 Å². The summed E-state index contributed by atoms with van der Waals surface area (Å²) in [6.45, 7) is 2.11. The van der Waals surface area contributed by atoms with E-state index < -0.39 is 0 Å². The first kappa shape index (κ1) is 20.3. The lowest BCUT2D eigenvalue weighted by Gasteiger charge is -2.22. The average molecular weight is 429 g/mol. The highest BCUT2D eigenvalue weighted by atomic mass is 16.5. The molecule has 5 rings (SSSR count). The van der Waals surface area contributed by atoms with Crippen molar-refractivity contribution in [2.45, 2.75) is 38.5 Å². The standard InChI is InChI=1S/C25H23N3O4/c26-14-17-3-1-4-18(11-17)15-31-20-6-7-22-19(12-20)8-9-28-23(22)13-24(27-25(28)29)32-16-21-5-2-10-30-21/h1,3-4,6-7,11-13,21H,2,5,8-10,15-16H2. The minimum absolute atomic E-state index is 0.0661. The van der Waals surface area contributed by atoms with Crippen LogP contribution < -0.4 is 15.2 Å². The highest BCUT2D eigenvalue weighted by Gasteiger charge is 2.21. The Morgan fingerprint density at radius 2 is 2.12 bits per heavy atom. The van der Waals surface area contributed by atoms with Crippen molar-refractivity contribution >= 4 is 0 Å². The molecular formula is C25H23N3O4. The fraction of sp³-hybridized carbons (Fsp3) is 0.320. The summed E-state index contributed by atoms with van der Waals surface area (Å²) in [6, 6.07) is 17.3. The molecular weight excluding hydrogens is 406 g/mol. The van der Waals surface area contributed by atoms with Gasteiger partial charge in [-0.2, -0.15) is 10.2 Å². The van der Waals surface area contributed by atoms with Gasteiger partial charge in [0.15, 0.2) is 0 Å². The predicted octanol–water partition coefficient (Wildman–Crippen LogP) is 3.47. The van der Waals surface area contributed by atoms with Gasteiger partial charge in [-0.05, 0) is 60.7 Å². The maximum Gasteiger partial charge on any atom is 0.351 e. The lowest BCUT2D eigenvalue weighted by molar-refractivity contribution is 0.0661. The second-order valence-electron chi connectivity index (χ2n) is 8.03. The van der Waals surface area contributed by atoms with Crippen molar-refractivity contribution in [3.8, 4) is 29.0 Å². The largest absolute Gasteiger partial charge is 0.489 e. The normalized spacial score (nSPS) is 16.7. The Balaban J connectivity index is 1.35. The first-order chi connectivity index (χ1) is 15.7. The monoisotopic (exact) mass is 429 g/mol. The summed E-state index contributed by atoms with van der Waals surface area (Å²) < 4.78 is 19.0. The van der Waals surface area contributed by atoms with Crippen LogP contribution in [0.5, 0.6) is 11.6 Å². The van der Waals surface area contributed by atoms with Crippen LogP contribution in [-0.4, -0.2) is 28.9 Å². The molecule has 2 aliphatic rings. The molecule has 1 saturated heterocycles. The van der Waals surface area contributed by atoms with Gasteiger partial charge in [0.05, 0.1) is 23.4 Å². The van der Waals surface area contributed by atoms with Gasteiger partial charge in [-0.3, -0.25) is 4.57 Å². The molecule has 3 aromatic rings. The van der Waals surface area contributed by atoms with Crippen molar-refractivity contribution in [2.75, 3.05) is 13.2 Å². The molecule has 0 radical (unpaired) electrons. The first-order valence-electron chi connectivity index (χ1n) is 10.8. The summed E-state index contributed by atoms with van der Waals surface area (Å²) in [5, 5.41) is 9.05. The number of fused-ring (bicyclic) bond motifs is 3. The molecule has 2 aliphatic heterocycles. The van der Waals surface area contributed by atoms with Gasteiger partial charge in [0, 0.05) is 24.8 Å². The summed E-state index contributed by atoms with van der Waals surface area (Å²) in [5.41, 5.74) is 4.16. The summed E-state index contributed by atoms with van der Waals surface area (Å²) in [4.78, 5) is 16.7. The second kappa shape index (κ2) is 8.85. The zero-order valence-electron chi connectivity index (χ0n) is 17.6. The highest BCUT2D eigenvalue weighted by Crippen LogP contribution is 2.32. The Bertz CT molecular complexity index is 1240. The van der Waals surface area contributed by atoms with E-state index in [-0.39, 0.29) is 11.8 Å². The molecule has 0 bridgehead atoms. The van der Waals surface area contributed by atoms with Crippen LogP contribution in [0.4, 0.5) is 0 Å². The summed E-state index contributed by atoms with van der Waals surface area (Å²) in [5.74, 6) is 1.09. The van der Waals surface area contributed by atoms with Crippen LogP contribution >= 0.6 is 0 Å². The van der Waals surface area contributed by atoms with Crippen LogP contribution in [0.2, 0.25) is 0 Å². The number of rotatable bonds is 6. The van der Waals surface area contributed by atoms with E-state index in [4.69, 9.17) is 19.5 Å². The van der Waals surface area contributed by atoms with Crippen LogP contribution in [0.1, 0.15) is 29.5 Å². The number of benzene rings is 2. The fourth-order valence-electron chi connectivity index (χ4n) is 4.20. The van der Waals surface area contributed by atoms with Crippen LogP contribution in [0, 0.1) is 11.3 Å². The van der Waals surface area contributed by atoms with Gasteiger partial charge in [-0.15, -0.1) is 0 Å². The van der Waals surface area contributed by atoms with E-state index in [0.29, 0.717) is 31.2 Å². The zero-order valence-corrected chi connectivity index (χ0v) is 17.6. The lowest BCUT2D eigenvalue weighted by Crippen LogP contribution is -2.29. The summed E-state index contributed by atoms with van der Waals surface area (Å²) in [6.07, 6.45) is 2.80. The van der Waals surface area contributed by atoms with Gasteiger partial charge >= 0.3 is 5.69 Å². The van der Waals surface area contributed by atoms with Crippen molar-refractivity contribution in [2.24, 2.45) is 0 Å². The topological polar surface area (TPSA) is 86.4 Å². The molecule has 0 N–H and O–H groups in total. The maximum absolute atomic E-state index is 12.6. The molecule has 0 amide bonds. The predicted molar refractivity (Wildman–Crippen MR) is 118 cm³/mol. The molecule has 0 saturated carbocycles. The molecule has 1 unspecified atom stereocenters. The van der Waals surface area contributed by atoms with E-state index in [1.807, 2.05) is 42.5 Å². The zero-order chi connectivity index (χ0) is 21.9. The van der Waals surface area contributed by atoms with E-state index in [1.54, 1.807) is 10.6 Å². The third-order valence-corrected chi connectivity index (χ3v) is 5.85. The Morgan fingerprint density at radius 1 is 1.19 bits per heavy atom. The Hall–Kier alpha value is -3.63. The van der Waals surface area contributed by atoms with Crippen molar-refractivity contribution in [1.82, 2.24) is 9.55 Å². The number of nitriles is 1. The molecule has 0 aliphatic carbocycles. The fourth-order valence-corrected chi connectivity index (χ4v) is 4.20. The van der Waals surface area contributed by atoms with Crippen LogP contribution in [0.25, 0.3) is 11.3 Å². The van der Waals surface area contributed by atoms with Crippen molar-refractivity contribution in [1.29, 1.82) is 5.26 Å². The van der Waals surface area contributed by atoms with Crippen LogP contribution in [0.3, 0.4) is 0 Å². The quantitative estimate of drug-likeness (QED) is 0.596. The number of nitrogens with zero attached hydrogens (tertiary/aromatic N) is 3. The maximum atomic E-state index is 12.6.